The molecule has 4 fully saturated rings. The number of ether oxygens (including phenoxy) is 4. The lowest BCUT2D eigenvalue weighted by Gasteiger charge is -2.29. The van der Waals surface area contributed by atoms with Gasteiger partial charge in [-0.05, 0) is 58.8 Å². The Balaban J connectivity index is 1.33. The molecule has 0 bridgehead atoms. The summed E-state index contributed by atoms with van der Waals surface area (Å²) in [5.41, 5.74) is -0.196. The zero-order chi connectivity index (χ0) is 17.8. The van der Waals surface area contributed by atoms with Crippen LogP contribution in [0.25, 0.3) is 0 Å². The molecule has 4 rings (SSSR count). The third kappa shape index (κ3) is 3.19. The van der Waals surface area contributed by atoms with Gasteiger partial charge in [0.15, 0.2) is 0 Å². The lowest BCUT2D eigenvalue weighted by atomic mass is 9.74. The van der Waals surface area contributed by atoms with Gasteiger partial charge in [0.25, 0.3) is 0 Å². The summed E-state index contributed by atoms with van der Waals surface area (Å²) in [5.74, 6) is -1.14. The van der Waals surface area contributed by atoms with Crippen LogP contribution in [0.4, 0.5) is 0 Å². The van der Waals surface area contributed by atoms with Crippen LogP contribution in [-0.2, 0) is 28.5 Å². The highest BCUT2D eigenvalue weighted by Gasteiger charge is 2.62. The Morgan fingerprint density at radius 3 is 2.40 bits per heavy atom. The fourth-order valence-electron chi connectivity index (χ4n) is 4.68. The molecule has 4 aliphatic rings. The topological polar surface area (TPSA) is 77.7 Å². The van der Waals surface area contributed by atoms with E-state index in [4.69, 9.17) is 18.9 Å². The number of fused-ring (bicyclic) bond motifs is 2. The zero-order valence-corrected chi connectivity index (χ0v) is 15.3. The molecule has 0 aromatic rings. The van der Waals surface area contributed by atoms with E-state index in [9.17, 15) is 9.59 Å². The molecule has 7 unspecified atom stereocenters. The molecule has 0 radical (unpaired) electrons. The Kier molecular flexibility index (Phi) is 4.11. The zero-order valence-electron chi connectivity index (χ0n) is 15.3. The Labute approximate surface area is 148 Å². The van der Waals surface area contributed by atoms with Gasteiger partial charge in [-0.1, -0.05) is 0 Å². The highest BCUT2D eigenvalue weighted by Crippen LogP contribution is 2.52. The van der Waals surface area contributed by atoms with Gasteiger partial charge in [0.2, 0.25) is 0 Å². The first-order valence-electron chi connectivity index (χ1n) is 9.53. The van der Waals surface area contributed by atoms with E-state index >= 15 is 0 Å². The van der Waals surface area contributed by atoms with Crippen molar-refractivity contribution in [3.63, 3.8) is 0 Å². The summed E-state index contributed by atoms with van der Waals surface area (Å²) in [6.45, 7) is 6.67. The summed E-state index contributed by atoms with van der Waals surface area (Å²) in [7, 11) is 0. The van der Waals surface area contributed by atoms with Crippen molar-refractivity contribution in [1.29, 1.82) is 0 Å². The van der Waals surface area contributed by atoms with Crippen molar-refractivity contribution in [2.75, 3.05) is 13.2 Å². The maximum absolute atomic E-state index is 12.7. The summed E-state index contributed by atoms with van der Waals surface area (Å²) in [5, 5.41) is 0. The van der Waals surface area contributed by atoms with Crippen molar-refractivity contribution in [2.45, 2.75) is 76.3 Å². The highest BCUT2D eigenvalue weighted by atomic mass is 16.6. The summed E-state index contributed by atoms with van der Waals surface area (Å²) >= 11 is 0. The molecule has 2 saturated heterocycles. The molecule has 0 aromatic carbocycles. The molecule has 2 aliphatic heterocycles. The minimum Gasteiger partial charge on any atom is -0.466 e. The van der Waals surface area contributed by atoms with Crippen molar-refractivity contribution in [3.05, 3.63) is 0 Å². The van der Waals surface area contributed by atoms with Crippen LogP contribution in [0.3, 0.4) is 0 Å². The van der Waals surface area contributed by atoms with Gasteiger partial charge < -0.3 is 18.9 Å². The van der Waals surface area contributed by atoms with Crippen LogP contribution in [0.5, 0.6) is 0 Å². The fourth-order valence-corrected chi connectivity index (χ4v) is 4.68. The number of esters is 2. The number of carbonyl (C=O) groups excluding carboxylic acids is 2. The van der Waals surface area contributed by atoms with E-state index in [0.717, 1.165) is 19.3 Å². The lowest BCUT2D eigenvalue weighted by Crippen LogP contribution is -2.41. The average Bonchev–Trinajstić information content (AvgIpc) is 3.43. The third-order valence-corrected chi connectivity index (χ3v) is 6.60. The van der Waals surface area contributed by atoms with E-state index in [1.807, 2.05) is 6.92 Å². The van der Waals surface area contributed by atoms with E-state index in [2.05, 4.69) is 6.92 Å². The number of hydrogen-bond donors (Lipinski definition) is 0. The molecule has 0 amide bonds. The first-order valence-corrected chi connectivity index (χ1v) is 9.53. The van der Waals surface area contributed by atoms with Gasteiger partial charge in [-0.25, -0.2) is 0 Å². The minimum atomic E-state index is -0.461. The van der Waals surface area contributed by atoms with Crippen molar-refractivity contribution in [2.24, 2.45) is 17.8 Å². The van der Waals surface area contributed by atoms with Crippen molar-refractivity contribution in [3.8, 4) is 0 Å². The Bertz CT molecular complexity index is 576. The summed E-state index contributed by atoms with van der Waals surface area (Å²) < 4.78 is 22.2. The Morgan fingerprint density at radius 2 is 1.68 bits per heavy atom. The van der Waals surface area contributed by atoms with Gasteiger partial charge in [-0.3, -0.25) is 9.59 Å². The highest BCUT2D eigenvalue weighted by molar-refractivity contribution is 5.82. The van der Waals surface area contributed by atoms with Crippen LogP contribution >= 0.6 is 0 Å². The molecule has 25 heavy (non-hydrogen) atoms. The van der Waals surface area contributed by atoms with E-state index in [-0.39, 0.29) is 29.2 Å². The second-order valence-corrected chi connectivity index (χ2v) is 8.51. The molecular weight excluding hydrogens is 324 g/mol. The van der Waals surface area contributed by atoms with Crippen molar-refractivity contribution >= 4 is 11.9 Å². The number of epoxide rings is 2. The molecule has 7 atom stereocenters. The van der Waals surface area contributed by atoms with Gasteiger partial charge in [0.1, 0.15) is 0 Å². The molecule has 0 N–H and O–H groups in total. The standard InChI is InChI=1S/C19H28O6/c1-4-22-17(21)13-9-19(3)15(25-19)8-12(13)16(20)23-10-11-5-6-18(2)14(7-11)24-18/h11-15H,4-10H2,1-3H3. The minimum absolute atomic E-state index is 0.0611. The van der Waals surface area contributed by atoms with E-state index < -0.39 is 11.8 Å². The van der Waals surface area contributed by atoms with Gasteiger partial charge >= 0.3 is 11.9 Å². The van der Waals surface area contributed by atoms with Gasteiger partial charge in [0, 0.05) is 0 Å². The monoisotopic (exact) mass is 352 g/mol. The van der Waals surface area contributed by atoms with E-state index in [1.165, 1.54) is 0 Å². The first-order chi connectivity index (χ1) is 11.8. The van der Waals surface area contributed by atoms with Crippen molar-refractivity contribution in [1.82, 2.24) is 0 Å². The molecule has 0 spiro atoms. The van der Waals surface area contributed by atoms with Gasteiger partial charge in [-0.15, -0.1) is 0 Å². The van der Waals surface area contributed by atoms with E-state index in [1.54, 1.807) is 6.92 Å². The predicted octanol–water partition coefficient (Wildman–Crippen LogP) is 2.23. The van der Waals surface area contributed by atoms with Crippen LogP contribution in [0.2, 0.25) is 0 Å². The maximum atomic E-state index is 12.7. The number of carbonyl (C=O) groups is 2. The molecule has 140 valence electrons. The molecule has 6 heteroatoms. The fraction of sp³-hybridized carbons (Fsp3) is 0.895. The largest absolute Gasteiger partial charge is 0.466 e. The maximum Gasteiger partial charge on any atom is 0.309 e. The smallest absolute Gasteiger partial charge is 0.309 e. The van der Waals surface area contributed by atoms with Crippen LogP contribution < -0.4 is 0 Å². The molecule has 0 aromatic heterocycles. The van der Waals surface area contributed by atoms with Gasteiger partial charge in [-0.2, -0.15) is 0 Å². The van der Waals surface area contributed by atoms with E-state index in [0.29, 0.717) is 38.1 Å². The summed E-state index contributed by atoms with van der Waals surface area (Å²) in [6, 6.07) is 0. The molecule has 2 heterocycles. The van der Waals surface area contributed by atoms with Crippen LogP contribution in [0, 0.1) is 17.8 Å². The quantitative estimate of drug-likeness (QED) is 0.558. The first kappa shape index (κ1) is 17.3. The molecule has 2 saturated carbocycles. The average molecular weight is 352 g/mol. The molecule has 6 nitrogen and oxygen atoms in total. The number of rotatable bonds is 5. The van der Waals surface area contributed by atoms with Crippen LogP contribution in [0.15, 0.2) is 0 Å². The second-order valence-electron chi connectivity index (χ2n) is 8.51. The van der Waals surface area contributed by atoms with Crippen LogP contribution in [0.1, 0.15) is 52.9 Å². The number of hydrogen-bond acceptors (Lipinski definition) is 6. The Hall–Kier alpha value is -1.14. The summed E-state index contributed by atoms with van der Waals surface area (Å²) in [6.07, 6.45) is 4.48. The second kappa shape index (κ2) is 5.95. The van der Waals surface area contributed by atoms with Crippen molar-refractivity contribution < 1.29 is 28.5 Å². The summed E-state index contributed by atoms with van der Waals surface area (Å²) in [4.78, 5) is 25.0. The van der Waals surface area contributed by atoms with Crippen LogP contribution in [-0.4, -0.2) is 48.6 Å². The predicted molar refractivity (Wildman–Crippen MR) is 87.7 cm³/mol. The third-order valence-electron chi connectivity index (χ3n) is 6.60. The molecular formula is C19H28O6. The molecule has 2 aliphatic carbocycles. The Morgan fingerprint density at radius 1 is 1.00 bits per heavy atom. The normalized spacial score (nSPS) is 47.2. The van der Waals surface area contributed by atoms with Gasteiger partial charge in [0.05, 0.1) is 48.5 Å². The SMILES string of the molecule is CCOC(=O)C1CC2(C)OC2CC1C(=O)OCC1CCC2(C)OC2C1. The lowest BCUT2D eigenvalue weighted by molar-refractivity contribution is -0.163.